The van der Waals surface area contributed by atoms with Crippen molar-refractivity contribution in [2.45, 2.75) is 31.0 Å². The quantitative estimate of drug-likeness (QED) is 0.125. The summed E-state index contributed by atoms with van der Waals surface area (Å²) in [5, 5.41) is 26.1. The highest BCUT2D eigenvalue weighted by atomic mass is 32.2. The van der Waals surface area contributed by atoms with Crippen LogP contribution in [-0.2, 0) is 13.7 Å². The highest BCUT2D eigenvalue weighted by Crippen LogP contribution is 2.29. The van der Waals surface area contributed by atoms with Gasteiger partial charge in [-0.25, -0.2) is 4.79 Å². The lowest BCUT2D eigenvalue weighted by atomic mass is 10.1. The van der Waals surface area contributed by atoms with Crippen LogP contribution < -0.4 is 16.3 Å². The SMILES string of the molecule is O=C(CCN1C(=O)c2ccccc2C1=O)NCCSOC[C@H]1O[C@@H](n2ccc(NC(=O)c3ccccc3)nc2=O)[C@@H](O)C1O. The van der Waals surface area contributed by atoms with E-state index in [0.717, 1.165) is 21.5 Å². The number of anilines is 1. The van der Waals surface area contributed by atoms with E-state index < -0.39 is 48.0 Å². The fourth-order valence-electron chi connectivity index (χ4n) is 4.70. The smallest absolute Gasteiger partial charge is 0.351 e. The molecule has 0 bridgehead atoms. The molecular weight excluding hydrogens is 594 g/mol. The van der Waals surface area contributed by atoms with Gasteiger partial charge in [-0.1, -0.05) is 30.3 Å². The number of carbonyl (C=O) groups is 4. The number of hydrogen-bond donors (Lipinski definition) is 4. The number of imide groups is 1. The molecule has 44 heavy (non-hydrogen) atoms. The Labute approximate surface area is 255 Å². The first-order valence-electron chi connectivity index (χ1n) is 13.7. The van der Waals surface area contributed by atoms with Gasteiger partial charge in [0.1, 0.15) is 24.1 Å². The molecular formula is C29H29N5O9S. The summed E-state index contributed by atoms with van der Waals surface area (Å²) >= 11 is 1.000. The van der Waals surface area contributed by atoms with Crippen LogP contribution >= 0.6 is 12.0 Å². The molecule has 2 aromatic carbocycles. The van der Waals surface area contributed by atoms with E-state index in [0.29, 0.717) is 22.4 Å². The molecule has 2 aliphatic rings. The second-order valence-corrected chi connectivity index (χ2v) is 10.8. The van der Waals surface area contributed by atoms with Gasteiger partial charge in [0.25, 0.3) is 17.7 Å². The normalized spacial score (nSPS) is 20.9. The maximum atomic E-state index is 12.6. The Morgan fingerprint density at radius 1 is 0.955 bits per heavy atom. The van der Waals surface area contributed by atoms with E-state index in [-0.39, 0.29) is 37.8 Å². The van der Waals surface area contributed by atoms with Crippen LogP contribution in [-0.4, -0.2) is 92.1 Å². The van der Waals surface area contributed by atoms with Crippen molar-refractivity contribution in [2.75, 3.05) is 30.8 Å². The Morgan fingerprint density at radius 3 is 2.32 bits per heavy atom. The molecule has 5 rings (SSSR count). The molecule has 0 saturated carbocycles. The topological polar surface area (TPSA) is 189 Å². The second kappa shape index (κ2) is 13.9. The molecule has 3 heterocycles. The van der Waals surface area contributed by atoms with Gasteiger partial charge in [0.2, 0.25) is 5.91 Å². The molecule has 230 valence electrons. The van der Waals surface area contributed by atoms with Crippen LogP contribution in [0.15, 0.2) is 71.7 Å². The van der Waals surface area contributed by atoms with Crippen LogP contribution in [0.1, 0.15) is 43.7 Å². The third-order valence-corrected chi connectivity index (χ3v) is 7.66. The standard InChI is InChI=1S/C29H29N5O9S/c35-22(11-14-33-26(39)18-8-4-5-9-19(18)27(33)40)30-12-15-44-42-16-20-23(36)24(37)28(43-20)34-13-10-21(32-29(34)41)31-25(38)17-6-2-1-3-7-17/h1-10,13,20,23-24,28,36-37H,11-12,14-16H2,(H,30,35)(H,31,32,38,41)/t20-,23?,24+,28-/m1/s1. The van der Waals surface area contributed by atoms with Crippen molar-refractivity contribution in [1.82, 2.24) is 19.8 Å². The Bertz CT molecular complexity index is 1570. The van der Waals surface area contributed by atoms with Crippen LogP contribution in [0.3, 0.4) is 0 Å². The van der Waals surface area contributed by atoms with Gasteiger partial charge in [-0.15, -0.1) is 0 Å². The summed E-state index contributed by atoms with van der Waals surface area (Å²) in [5.74, 6) is -1.27. The number of hydrogen-bond acceptors (Lipinski definition) is 11. The minimum Gasteiger partial charge on any atom is -0.387 e. The largest absolute Gasteiger partial charge is 0.387 e. The van der Waals surface area contributed by atoms with E-state index in [1.807, 2.05) is 0 Å². The summed E-state index contributed by atoms with van der Waals surface area (Å²) in [6.45, 7) is 0.0749. The lowest BCUT2D eigenvalue weighted by Crippen LogP contribution is -2.36. The Hall–Kier alpha value is -4.41. The predicted octanol–water partition coefficient (Wildman–Crippen LogP) is 0.582. The molecule has 1 unspecified atom stereocenters. The minimum atomic E-state index is -1.45. The fourth-order valence-corrected chi connectivity index (χ4v) is 5.23. The molecule has 1 fully saturated rings. The number of nitrogens with one attached hydrogen (secondary N) is 2. The van der Waals surface area contributed by atoms with Gasteiger partial charge in [0.05, 0.1) is 17.7 Å². The number of rotatable bonds is 12. The second-order valence-electron chi connectivity index (χ2n) is 9.88. The third-order valence-electron chi connectivity index (χ3n) is 6.98. The average Bonchev–Trinajstić information content (AvgIpc) is 3.45. The Morgan fingerprint density at radius 2 is 1.64 bits per heavy atom. The molecule has 4 amide bonds. The van der Waals surface area contributed by atoms with Crippen LogP contribution in [0.25, 0.3) is 0 Å². The fraction of sp³-hybridized carbons (Fsp3) is 0.310. The number of aromatic nitrogens is 2. The molecule has 2 aliphatic heterocycles. The predicted molar refractivity (Wildman–Crippen MR) is 157 cm³/mol. The number of fused-ring (bicyclic) bond motifs is 1. The molecule has 14 nitrogen and oxygen atoms in total. The zero-order chi connectivity index (χ0) is 31.2. The summed E-state index contributed by atoms with van der Waals surface area (Å²) < 4.78 is 12.2. The first kappa shape index (κ1) is 31.0. The van der Waals surface area contributed by atoms with Gasteiger partial charge in [-0.3, -0.25) is 28.6 Å². The van der Waals surface area contributed by atoms with Crippen molar-refractivity contribution in [3.8, 4) is 0 Å². The van der Waals surface area contributed by atoms with Crippen LogP contribution in [0.4, 0.5) is 5.82 Å². The van der Waals surface area contributed by atoms with Gasteiger partial charge >= 0.3 is 5.69 Å². The summed E-state index contributed by atoms with van der Waals surface area (Å²) in [5.41, 5.74) is 0.237. The van der Waals surface area contributed by atoms with Gasteiger partial charge < -0.3 is 29.8 Å². The van der Waals surface area contributed by atoms with Crippen molar-refractivity contribution in [1.29, 1.82) is 0 Å². The molecule has 0 spiro atoms. The molecule has 3 aromatic rings. The number of carbonyl (C=O) groups excluding carboxylic acids is 4. The summed E-state index contributed by atoms with van der Waals surface area (Å²) in [7, 11) is 0. The van der Waals surface area contributed by atoms with Gasteiger partial charge in [-0.05, 0) is 42.4 Å². The Kier molecular flexibility index (Phi) is 9.82. The Balaban J connectivity index is 1.01. The average molecular weight is 624 g/mol. The lowest BCUT2D eigenvalue weighted by molar-refractivity contribution is -0.121. The van der Waals surface area contributed by atoms with E-state index in [2.05, 4.69) is 15.6 Å². The van der Waals surface area contributed by atoms with Crippen LogP contribution in [0.2, 0.25) is 0 Å². The van der Waals surface area contributed by atoms with E-state index in [1.165, 1.54) is 12.3 Å². The van der Waals surface area contributed by atoms with Crippen molar-refractivity contribution >= 4 is 41.5 Å². The van der Waals surface area contributed by atoms with E-state index in [1.54, 1.807) is 54.6 Å². The maximum Gasteiger partial charge on any atom is 0.351 e. The van der Waals surface area contributed by atoms with Gasteiger partial charge in [-0.2, -0.15) is 4.98 Å². The molecule has 0 aliphatic carbocycles. The highest BCUT2D eigenvalue weighted by Gasteiger charge is 2.44. The summed E-state index contributed by atoms with van der Waals surface area (Å²) in [4.78, 5) is 66.8. The molecule has 1 saturated heterocycles. The van der Waals surface area contributed by atoms with Crippen molar-refractivity contribution in [3.05, 3.63) is 94.0 Å². The van der Waals surface area contributed by atoms with Crippen molar-refractivity contribution in [2.24, 2.45) is 0 Å². The molecule has 0 radical (unpaired) electrons. The highest BCUT2D eigenvalue weighted by molar-refractivity contribution is 7.94. The van der Waals surface area contributed by atoms with E-state index >= 15 is 0 Å². The first-order valence-corrected chi connectivity index (χ1v) is 14.6. The van der Waals surface area contributed by atoms with Crippen molar-refractivity contribution in [3.63, 3.8) is 0 Å². The van der Waals surface area contributed by atoms with Crippen LogP contribution in [0, 0.1) is 0 Å². The maximum absolute atomic E-state index is 12.6. The number of nitrogens with zero attached hydrogens (tertiary/aromatic N) is 3. The molecule has 15 heteroatoms. The summed E-state index contributed by atoms with van der Waals surface area (Å²) in [6.07, 6.45) is -3.74. The number of aliphatic hydroxyl groups excluding tert-OH is 2. The monoisotopic (exact) mass is 623 g/mol. The lowest BCUT2D eigenvalue weighted by Gasteiger charge is -2.17. The molecule has 1 aromatic heterocycles. The van der Waals surface area contributed by atoms with Gasteiger partial charge in [0.15, 0.2) is 6.23 Å². The minimum absolute atomic E-state index is 0.0140. The first-order chi connectivity index (χ1) is 21.2. The zero-order valence-corrected chi connectivity index (χ0v) is 24.0. The third kappa shape index (κ3) is 6.87. The number of ether oxygens (including phenoxy) is 1. The van der Waals surface area contributed by atoms with E-state index in [4.69, 9.17) is 8.92 Å². The summed E-state index contributed by atoms with van der Waals surface area (Å²) in [6, 6.07) is 16.3. The molecule has 4 atom stereocenters. The van der Waals surface area contributed by atoms with E-state index in [9.17, 15) is 34.2 Å². The number of benzene rings is 2. The van der Waals surface area contributed by atoms with Crippen LogP contribution in [0.5, 0.6) is 0 Å². The van der Waals surface area contributed by atoms with Crippen molar-refractivity contribution < 1.29 is 38.3 Å². The zero-order valence-electron chi connectivity index (χ0n) is 23.2. The van der Waals surface area contributed by atoms with Gasteiger partial charge in [0, 0.05) is 37.0 Å². The number of amides is 4. The number of aliphatic hydroxyl groups is 2. The molecule has 4 N–H and O–H groups in total.